The molecule has 0 saturated carbocycles. The number of aryl methyl sites for hydroxylation is 1. The molecular weight excluding hydrogens is 282 g/mol. The van der Waals surface area contributed by atoms with Gasteiger partial charge in [0.2, 0.25) is 0 Å². The lowest BCUT2D eigenvalue weighted by atomic mass is 9.74. The number of benzene rings is 1. The first-order chi connectivity index (χ1) is 10.2. The number of hydrogen-bond acceptors (Lipinski definition) is 2. The molecule has 0 aliphatic carbocycles. The van der Waals surface area contributed by atoms with Gasteiger partial charge in [-0.3, -0.25) is 0 Å². The first-order valence-electron chi connectivity index (χ1n) is 8.07. The maximum Gasteiger partial charge on any atom is 0.116 e. The molecule has 1 aromatic heterocycles. The lowest BCUT2D eigenvalue weighted by molar-refractivity contribution is 0.264. The van der Waals surface area contributed by atoms with E-state index in [2.05, 4.69) is 29.8 Å². The molecule has 0 amide bonds. The molecule has 1 aliphatic rings. The zero-order valence-electron chi connectivity index (χ0n) is 13.0. The molecule has 0 unspecified atom stereocenters. The van der Waals surface area contributed by atoms with E-state index in [1.165, 1.54) is 37.0 Å². The average molecular weight is 306 g/mol. The molecule has 3 rings (SSSR count). The number of piperidine rings is 1. The summed E-state index contributed by atoms with van der Waals surface area (Å²) < 4.78 is 2.38. The number of hydrogen-bond donors (Lipinski definition) is 1. The average Bonchev–Trinajstić information content (AvgIpc) is 2.87. The molecule has 114 valence electrons. The summed E-state index contributed by atoms with van der Waals surface area (Å²) in [7, 11) is 0. The minimum atomic E-state index is 0.224. The van der Waals surface area contributed by atoms with Crippen LogP contribution >= 0.6 is 11.6 Å². The smallest absolute Gasteiger partial charge is 0.116 e. The van der Waals surface area contributed by atoms with Crippen molar-refractivity contribution in [3.05, 3.63) is 29.0 Å². The number of nitrogens with zero attached hydrogens (tertiary/aromatic N) is 2. The van der Waals surface area contributed by atoms with Crippen molar-refractivity contribution >= 4 is 22.6 Å². The molecule has 21 heavy (non-hydrogen) atoms. The second-order valence-electron chi connectivity index (χ2n) is 6.09. The second-order valence-corrected chi connectivity index (χ2v) is 6.53. The van der Waals surface area contributed by atoms with Crippen LogP contribution in [0.2, 0.25) is 5.02 Å². The van der Waals surface area contributed by atoms with E-state index in [1.54, 1.807) is 0 Å². The lowest BCUT2D eigenvalue weighted by Gasteiger charge is -2.37. The molecule has 4 heteroatoms. The number of imidazole rings is 1. The normalized spacial score (nSPS) is 18.2. The Hall–Kier alpha value is -1.06. The van der Waals surface area contributed by atoms with Gasteiger partial charge in [0.05, 0.1) is 11.0 Å². The molecule has 0 bridgehead atoms. The van der Waals surface area contributed by atoms with Crippen molar-refractivity contribution in [2.45, 2.75) is 51.5 Å². The van der Waals surface area contributed by atoms with Crippen molar-refractivity contribution in [1.82, 2.24) is 14.9 Å². The maximum atomic E-state index is 6.19. The van der Waals surface area contributed by atoms with E-state index in [9.17, 15) is 0 Å². The third-order valence-electron chi connectivity index (χ3n) is 4.79. The number of rotatable bonds is 4. The SMILES string of the molecule is CCCC1(c2nc3ccc(Cl)cc3n2CC)CCNCC1. The van der Waals surface area contributed by atoms with Crippen LogP contribution in [0.1, 0.15) is 45.4 Å². The Morgan fingerprint density at radius 1 is 1.29 bits per heavy atom. The minimum absolute atomic E-state index is 0.224. The summed E-state index contributed by atoms with van der Waals surface area (Å²) in [5, 5.41) is 4.28. The van der Waals surface area contributed by atoms with E-state index in [4.69, 9.17) is 16.6 Å². The van der Waals surface area contributed by atoms with Gasteiger partial charge in [-0.25, -0.2) is 4.98 Å². The fraction of sp³-hybridized carbons (Fsp3) is 0.588. The third kappa shape index (κ3) is 2.58. The molecule has 1 saturated heterocycles. The molecule has 1 aliphatic heterocycles. The molecule has 0 radical (unpaired) electrons. The Morgan fingerprint density at radius 3 is 2.71 bits per heavy atom. The number of fused-ring (bicyclic) bond motifs is 1. The summed E-state index contributed by atoms with van der Waals surface area (Å²) >= 11 is 6.19. The standard InChI is InChI=1S/C17H24ClN3/c1-3-7-17(8-10-19-11-9-17)16-20-14-6-5-13(18)12-15(14)21(16)4-2/h5-6,12,19H,3-4,7-11H2,1-2H3. The van der Waals surface area contributed by atoms with Crippen LogP contribution in [0.15, 0.2) is 18.2 Å². The summed E-state index contributed by atoms with van der Waals surface area (Å²) in [4.78, 5) is 5.02. The molecular formula is C17H24ClN3. The van der Waals surface area contributed by atoms with E-state index in [-0.39, 0.29) is 5.41 Å². The molecule has 2 aromatic rings. The molecule has 1 fully saturated rings. The van der Waals surface area contributed by atoms with Crippen molar-refractivity contribution in [2.75, 3.05) is 13.1 Å². The molecule has 1 aromatic carbocycles. The Labute approximate surface area is 131 Å². The van der Waals surface area contributed by atoms with Crippen LogP contribution in [-0.2, 0) is 12.0 Å². The van der Waals surface area contributed by atoms with Gasteiger partial charge < -0.3 is 9.88 Å². The number of aromatic nitrogens is 2. The monoisotopic (exact) mass is 305 g/mol. The van der Waals surface area contributed by atoms with Crippen molar-refractivity contribution in [2.24, 2.45) is 0 Å². The first kappa shape index (κ1) is 14.9. The Balaban J connectivity index is 2.16. The van der Waals surface area contributed by atoms with Crippen LogP contribution in [0.4, 0.5) is 0 Å². The summed E-state index contributed by atoms with van der Waals surface area (Å²) in [5.74, 6) is 1.27. The van der Waals surface area contributed by atoms with E-state index >= 15 is 0 Å². The Morgan fingerprint density at radius 2 is 2.05 bits per heavy atom. The van der Waals surface area contributed by atoms with Crippen LogP contribution in [0.25, 0.3) is 11.0 Å². The van der Waals surface area contributed by atoms with Crippen molar-refractivity contribution in [1.29, 1.82) is 0 Å². The van der Waals surface area contributed by atoms with Crippen molar-refractivity contribution < 1.29 is 0 Å². The second kappa shape index (κ2) is 5.98. The third-order valence-corrected chi connectivity index (χ3v) is 5.03. The van der Waals surface area contributed by atoms with Crippen LogP contribution in [0, 0.1) is 0 Å². The molecule has 3 nitrogen and oxygen atoms in total. The van der Waals surface area contributed by atoms with E-state index in [0.29, 0.717) is 0 Å². The predicted octanol–water partition coefficient (Wildman–Crippen LogP) is 4.13. The Kier molecular flexibility index (Phi) is 4.23. The van der Waals surface area contributed by atoms with E-state index in [1.807, 2.05) is 12.1 Å². The summed E-state index contributed by atoms with van der Waals surface area (Å²) in [6, 6.07) is 6.04. The lowest BCUT2D eigenvalue weighted by Crippen LogP contribution is -2.41. The zero-order chi connectivity index (χ0) is 14.9. The maximum absolute atomic E-state index is 6.19. The highest BCUT2D eigenvalue weighted by atomic mass is 35.5. The molecule has 0 spiro atoms. The fourth-order valence-electron chi connectivity index (χ4n) is 3.79. The van der Waals surface area contributed by atoms with Gasteiger partial charge >= 0.3 is 0 Å². The molecule has 1 N–H and O–H groups in total. The van der Waals surface area contributed by atoms with Gasteiger partial charge in [0.25, 0.3) is 0 Å². The summed E-state index contributed by atoms with van der Waals surface area (Å²) in [6.07, 6.45) is 4.77. The highest BCUT2D eigenvalue weighted by Gasteiger charge is 2.37. The van der Waals surface area contributed by atoms with Crippen molar-refractivity contribution in [3.63, 3.8) is 0 Å². The first-order valence-corrected chi connectivity index (χ1v) is 8.45. The quantitative estimate of drug-likeness (QED) is 0.920. The summed E-state index contributed by atoms with van der Waals surface area (Å²) in [5.41, 5.74) is 2.47. The highest BCUT2D eigenvalue weighted by molar-refractivity contribution is 6.31. The van der Waals surface area contributed by atoms with Gasteiger partial charge in [0, 0.05) is 17.0 Å². The van der Waals surface area contributed by atoms with E-state index < -0.39 is 0 Å². The van der Waals surface area contributed by atoms with Gasteiger partial charge in [-0.1, -0.05) is 24.9 Å². The van der Waals surface area contributed by atoms with Crippen LogP contribution < -0.4 is 5.32 Å². The van der Waals surface area contributed by atoms with Crippen LogP contribution in [-0.4, -0.2) is 22.6 Å². The number of halogens is 1. The van der Waals surface area contributed by atoms with Gasteiger partial charge in [-0.2, -0.15) is 0 Å². The summed E-state index contributed by atoms with van der Waals surface area (Å²) in [6.45, 7) is 7.61. The van der Waals surface area contributed by atoms with Gasteiger partial charge in [0.1, 0.15) is 5.82 Å². The fourth-order valence-corrected chi connectivity index (χ4v) is 3.96. The largest absolute Gasteiger partial charge is 0.328 e. The van der Waals surface area contributed by atoms with Crippen molar-refractivity contribution in [3.8, 4) is 0 Å². The van der Waals surface area contributed by atoms with Crippen LogP contribution in [0.5, 0.6) is 0 Å². The zero-order valence-corrected chi connectivity index (χ0v) is 13.7. The predicted molar refractivity (Wildman–Crippen MR) is 89.1 cm³/mol. The minimum Gasteiger partial charge on any atom is -0.328 e. The van der Waals surface area contributed by atoms with Gasteiger partial charge in [-0.15, -0.1) is 0 Å². The highest BCUT2D eigenvalue weighted by Crippen LogP contribution is 2.39. The van der Waals surface area contributed by atoms with Gasteiger partial charge in [0.15, 0.2) is 0 Å². The topological polar surface area (TPSA) is 29.9 Å². The molecule has 2 heterocycles. The molecule has 0 atom stereocenters. The van der Waals surface area contributed by atoms with Gasteiger partial charge in [-0.05, 0) is 57.5 Å². The number of nitrogens with one attached hydrogen (secondary N) is 1. The van der Waals surface area contributed by atoms with E-state index in [0.717, 1.165) is 30.2 Å². The van der Waals surface area contributed by atoms with Crippen LogP contribution in [0.3, 0.4) is 0 Å². The Bertz CT molecular complexity index is 621.